The molecule has 3 heterocycles. The number of rotatable bonds is 12. The third-order valence-electron chi connectivity index (χ3n) is 9.34. The van der Waals surface area contributed by atoms with Crippen molar-refractivity contribution in [3.8, 4) is 11.5 Å². The molecule has 12 heteroatoms. The Morgan fingerprint density at radius 1 is 0.959 bits per heavy atom. The van der Waals surface area contributed by atoms with Crippen LogP contribution in [0, 0.1) is 31.6 Å². The molecular weight excluding hydrogens is 626 g/mol. The number of methoxy groups -OCH3 is 1. The normalized spacial score (nSPS) is 19.3. The van der Waals surface area contributed by atoms with Gasteiger partial charge in [-0.05, 0) is 75.6 Å². The second-order valence-electron chi connectivity index (χ2n) is 13.2. The summed E-state index contributed by atoms with van der Waals surface area (Å²) in [4.78, 5) is 62.3. The van der Waals surface area contributed by atoms with Crippen molar-refractivity contribution in [3.05, 3.63) is 77.0 Å². The monoisotopic (exact) mass is 673 g/mol. The second-order valence-corrected chi connectivity index (χ2v) is 13.2. The van der Waals surface area contributed by atoms with Crippen LogP contribution < -0.4 is 20.1 Å². The number of aryl methyl sites for hydroxylation is 3. The molecule has 4 atom stereocenters. The van der Waals surface area contributed by atoms with Crippen LogP contribution in [0.5, 0.6) is 11.5 Å². The molecule has 49 heavy (non-hydrogen) atoms. The summed E-state index contributed by atoms with van der Waals surface area (Å²) in [6.07, 6.45) is 1.84. The third-order valence-corrected chi connectivity index (χ3v) is 9.34. The van der Waals surface area contributed by atoms with E-state index in [2.05, 4.69) is 15.6 Å². The number of carbonyl (C=O) groups is 4. The highest BCUT2D eigenvalue weighted by Gasteiger charge is 2.49. The van der Waals surface area contributed by atoms with E-state index >= 15 is 0 Å². The van der Waals surface area contributed by atoms with Gasteiger partial charge in [0.15, 0.2) is 17.4 Å². The zero-order chi connectivity index (χ0) is 35.2. The summed E-state index contributed by atoms with van der Waals surface area (Å²) in [5.74, 6) is -0.710. The highest BCUT2D eigenvalue weighted by Crippen LogP contribution is 2.38. The Hall–Kier alpha value is -4.87. The number of likely N-dealkylation sites (N-methyl/N-ethyl adjacent to an activating group) is 1. The summed E-state index contributed by atoms with van der Waals surface area (Å²) in [6, 6.07) is 14.3. The van der Waals surface area contributed by atoms with Crippen LogP contribution in [0.25, 0.3) is 0 Å². The molecule has 1 aromatic heterocycles. The summed E-state index contributed by atoms with van der Waals surface area (Å²) < 4.78 is 17.0. The molecule has 3 unspecified atom stereocenters. The minimum atomic E-state index is -0.747. The predicted molar refractivity (Wildman–Crippen MR) is 182 cm³/mol. The number of oxazole rings is 1. The standard InChI is InChI=1S/C37H47N5O7/c1-22(2)48-31-16-15-26(17-32(31)47-6)36(45)41-18-27-19-42(37(46)33-23(3)39-24(4)49-33)21-29(28(27)20-41)34(43)40-30(35(44)38-5)14-10-13-25-11-8-7-9-12-25/h7-9,11-12,15-17,22,27-30H,10,13-14,18-21H2,1-6H3,(H,38,44)(H,40,43)/t27?,28?,29?,30-/m0/s1. The van der Waals surface area contributed by atoms with Crippen LogP contribution in [0.4, 0.5) is 0 Å². The highest BCUT2D eigenvalue weighted by atomic mass is 16.5. The molecule has 2 aliphatic rings. The maximum Gasteiger partial charge on any atom is 0.291 e. The molecule has 2 aliphatic heterocycles. The Bertz CT molecular complexity index is 1660. The van der Waals surface area contributed by atoms with E-state index in [-0.39, 0.29) is 53.9 Å². The van der Waals surface area contributed by atoms with Crippen LogP contribution in [0.15, 0.2) is 52.9 Å². The highest BCUT2D eigenvalue weighted by molar-refractivity contribution is 5.96. The van der Waals surface area contributed by atoms with E-state index in [1.165, 1.54) is 7.11 Å². The number of hydrogen-bond acceptors (Lipinski definition) is 8. The number of ether oxygens (including phenoxy) is 2. The zero-order valence-corrected chi connectivity index (χ0v) is 29.2. The lowest BCUT2D eigenvalue weighted by Gasteiger charge is -2.39. The molecule has 0 saturated carbocycles. The average Bonchev–Trinajstić information content (AvgIpc) is 3.68. The summed E-state index contributed by atoms with van der Waals surface area (Å²) >= 11 is 0. The van der Waals surface area contributed by atoms with Crippen molar-refractivity contribution in [1.29, 1.82) is 0 Å². The maximum atomic E-state index is 14.1. The number of benzene rings is 2. The van der Waals surface area contributed by atoms with E-state index in [9.17, 15) is 19.2 Å². The number of hydrogen-bond donors (Lipinski definition) is 2. The Balaban J connectivity index is 1.37. The van der Waals surface area contributed by atoms with Gasteiger partial charge < -0.3 is 34.3 Å². The number of nitrogens with zero attached hydrogens (tertiary/aromatic N) is 3. The first kappa shape index (κ1) is 35.4. The fourth-order valence-corrected chi connectivity index (χ4v) is 6.97. The van der Waals surface area contributed by atoms with Gasteiger partial charge in [0.05, 0.1) is 24.8 Å². The molecule has 0 radical (unpaired) electrons. The molecule has 3 aromatic rings. The van der Waals surface area contributed by atoms with Crippen molar-refractivity contribution < 1.29 is 33.1 Å². The van der Waals surface area contributed by atoms with Crippen molar-refractivity contribution in [2.24, 2.45) is 17.8 Å². The molecule has 2 aromatic carbocycles. The molecule has 2 fully saturated rings. The fourth-order valence-electron chi connectivity index (χ4n) is 6.97. The molecule has 2 N–H and O–H groups in total. The van der Waals surface area contributed by atoms with Gasteiger partial charge in [-0.3, -0.25) is 19.2 Å². The van der Waals surface area contributed by atoms with Crippen LogP contribution in [-0.2, 0) is 16.0 Å². The fraction of sp³-hybridized carbons (Fsp3) is 0.486. The van der Waals surface area contributed by atoms with Gasteiger partial charge in [-0.2, -0.15) is 0 Å². The molecule has 2 saturated heterocycles. The lowest BCUT2D eigenvalue weighted by molar-refractivity contribution is -0.133. The lowest BCUT2D eigenvalue weighted by atomic mass is 9.79. The number of amides is 4. The molecule has 262 valence electrons. The van der Waals surface area contributed by atoms with Gasteiger partial charge in [-0.15, -0.1) is 0 Å². The van der Waals surface area contributed by atoms with Crippen molar-refractivity contribution in [1.82, 2.24) is 25.4 Å². The number of fused-ring (bicyclic) bond motifs is 1. The maximum absolute atomic E-state index is 14.1. The van der Waals surface area contributed by atoms with Crippen LogP contribution in [0.1, 0.15) is 64.7 Å². The van der Waals surface area contributed by atoms with Crippen molar-refractivity contribution in [2.45, 2.75) is 59.1 Å². The summed E-state index contributed by atoms with van der Waals surface area (Å²) in [5, 5.41) is 5.68. The van der Waals surface area contributed by atoms with Crippen molar-refractivity contribution in [3.63, 3.8) is 0 Å². The van der Waals surface area contributed by atoms with Gasteiger partial charge >= 0.3 is 0 Å². The molecule has 0 aliphatic carbocycles. The first-order valence-corrected chi connectivity index (χ1v) is 16.9. The first-order valence-electron chi connectivity index (χ1n) is 16.9. The van der Waals surface area contributed by atoms with E-state index in [0.717, 1.165) is 12.0 Å². The predicted octanol–water partition coefficient (Wildman–Crippen LogP) is 3.80. The van der Waals surface area contributed by atoms with Gasteiger partial charge in [0.2, 0.25) is 17.6 Å². The van der Waals surface area contributed by atoms with E-state index in [1.807, 2.05) is 44.2 Å². The molecule has 12 nitrogen and oxygen atoms in total. The SMILES string of the molecule is CNC(=O)[C@H](CCCc1ccccc1)NC(=O)C1CN(C(=O)c2oc(C)nc2C)CC2CN(C(=O)c3ccc(OC(C)C)c(OC)c3)CC21. The number of carbonyl (C=O) groups excluding carboxylic acids is 4. The lowest BCUT2D eigenvalue weighted by Crippen LogP contribution is -2.56. The minimum Gasteiger partial charge on any atom is -0.493 e. The van der Waals surface area contributed by atoms with Gasteiger partial charge in [-0.1, -0.05) is 30.3 Å². The quantitative estimate of drug-likeness (QED) is 0.296. The molecule has 4 amide bonds. The number of piperidine rings is 1. The Morgan fingerprint density at radius 3 is 2.31 bits per heavy atom. The number of likely N-dealkylation sites (tertiary alicyclic amines) is 2. The second kappa shape index (κ2) is 15.6. The Labute approximate surface area is 287 Å². The summed E-state index contributed by atoms with van der Waals surface area (Å²) in [5.41, 5.74) is 2.07. The Morgan fingerprint density at radius 2 is 1.67 bits per heavy atom. The van der Waals surface area contributed by atoms with Crippen LogP contribution >= 0.6 is 0 Å². The summed E-state index contributed by atoms with van der Waals surface area (Å²) in [6.45, 7) is 8.37. The number of nitrogens with one attached hydrogen (secondary N) is 2. The molecular formula is C37H47N5O7. The van der Waals surface area contributed by atoms with Gasteiger partial charge in [-0.25, -0.2) is 4.98 Å². The zero-order valence-electron chi connectivity index (χ0n) is 29.2. The van der Waals surface area contributed by atoms with Gasteiger partial charge in [0, 0.05) is 45.7 Å². The van der Waals surface area contributed by atoms with E-state index in [1.54, 1.807) is 48.9 Å². The van der Waals surface area contributed by atoms with Crippen molar-refractivity contribution >= 4 is 23.6 Å². The molecule has 5 rings (SSSR count). The minimum absolute atomic E-state index is 0.0672. The number of aromatic nitrogens is 1. The van der Waals surface area contributed by atoms with E-state index in [4.69, 9.17) is 13.9 Å². The molecule has 0 spiro atoms. The topological polar surface area (TPSA) is 143 Å². The molecule has 0 bridgehead atoms. The van der Waals surface area contributed by atoms with E-state index in [0.29, 0.717) is 61.1 Å². The third kappa shape index (κ3) is 8.23. The summed E-state index contributed by atoms with van der Waals surface area (Å²) in [7, 11) is 3.08. The average molecular weight is 674 g/mol. The smallest absolute Gasteiger partial charge is 0.291 e. The van der Waals surface area contributed by atoms with Crippen molar-refractivity contribution in [2.75, 3.05) is 40.3 Å². The van der Waals surface area contributed by atoms with E-state index < -0.39 is 12.0 Å². The van der Waals surface area contributed by atoms with Crippen LogP contribution in [-0.4, -0.2) is 90.9 Å². The van der Waals surface area contributed by atoms with Gasteiger partial charge in [0.1, 0.15) is 6.04 Å². The van der Waals surface area contributed by atoms with Crippen LogP contribution in [0.3, 0.4) is 0 Å². The largest absolute Gasteiger partial charge is 0.493 e. The van der Waals surface area contributed by atoms with Gasteiger partial charge in [0.25, 0.3) is 11.8 Å². The Kier molecular flexibility index (Phi) is 11.3. The van der Waals surface area contributed by atoms with Crippen LogP contribution in [0.2, 0.25) is 0 Å². The first-order chi connectivity index (χ1) is 23.5.